The van der Waals surface area contributed by atoms with Gasteiger partial charge in [-0.15, -0.1) is 0 Å². The third kappa shape index (κ3) is 8.35. The molecule has 0 aliphatic carbocycles. The van der Waals surface area contributed by atoms with Gasteiger partial charge in [-0.3, -0.25) is 14.6 Å². The molecule has 0 unspecified atom stereocenters. The number of carboxylic acid groups (broad SMARTS) is 1. The molecule has 0 radical (unpaired) electrons. The largest absolute Gasteiger partial charge is 0.481 e. The van der Waals surface area contributed by atoms with Crippen LogP contribution in [0.5, 0.6) is 0 Å². The second-order valence-corrected chi connectivity index (χ2v) is 6.28. The number of carbonyl (C=O) groups is 2. The number of nitrogens with zero attached hydrogens (tertiary/aromatic N) is 3. The molecule has 0 aliphatic heterocycles. The van der Waals surface area contributed by atoms with E-state index in [2.05, 4.69) is 20.0 Å². The molecule has 9 nitrogen and oxygen atoms in total. The van der Waals surface area contributed by atoms with Crippen molar-refractivity contribution in [1.29, 1.82) is 5.41 Å². The van der Waals surface area contributed by atoms with Crippen LogP contribution in [-0.4, -0.2) is 53.3 Å². The van der Waals surface area contributed by atoms with E-state index in [9.17, 15) is 9.59 Å². The predicted octanol–water partition coefficient (Wildman–Crippen LogP) is 1.80. The summed E-state index contributed by atoms with van der Waals surface area (Å²) in [5.74, 6) is -0.756. The Morgan fingerprint density at radius 1 is 1.21 bits per heavy atom. The lowest BCUT2D eigenvalue weighted by atomic mass is 9.96. The van der Waals surface area contributed by atoms with Crippen LogP contribution in [0.25, 0.3) is 0 Å². The van der Waals surface area contributed by atoms with E-state index >= 15 is 0 Å². The number of azo groups is 1. The highest BCUT2D eigenvalue weighted by Crippen LogP contribution is 2.19. The van der Waals surface area contributed by atoms with Gasteiger partial charge in [-0.1, -0.05) is 0 Å². The first-order valence-electron chi connectivity index (χ1n) is 7.62. The minimum Gasteiger partial charge on any atom is -0.481 e. The number of aliphatic carboxylic acids is 1. The number of hydrogen-bond donors (Lipinski definition) is 3. The normalized spacial score (nSPS) is 13.1. The highest BCUT2D eigenvalue weighted by Gasteiger charge is 2.27. The number of carboxylic acids is 1. The summed E-state index contributed by atoms with van der Waals surface area (Å²) >= 11 is 0. The maximum Gasteiger partial charge on any atom is 0.305 e. The van der Waals surface area contributed by atoms with Crippen molar-refractivity contribution in [3.8, 4) is 0 Å². The van der Waals surface area contributed by atoms with Crippen LogP contribution in [0.1, 0.15) is 47.0 Å². The van der Waals surface area contributed by atoms with Gasteiger partial charge in [-0.05, 0) is 40.5 Å². The molecule has 4 N–H and O–H groups in total. The van der Waals surface area contributed by atoms with Crippen LogP contribution in [0.2, 0.25) is 0 Å². The van der Waals surface area contributed by atoms with Gasteiger partial charge < -0.3 is 21.0 Å². The molecule has 9 heteroatoms. The highest BCUT2D eigenvalue weighted by atomic mass is 16.5. The first-order chi connectivity index (χ1) is 11.0. The number of hydrogen-bond acceptors (Lipinski definition) is 7. The molecule has 0 fully saturated rings. The summed E-state index contributed by atoms with van der Waals surface area (Å²) in [5.41, 5.74) is 4.50. The Labute approximate surface area is 141 Å². The second-order valence-electron chi connectivity index (χ2n) is 6.28. The maximum atomic E-state index is 10.5. The summed E-state index contributed by atoms with van der Waals surface area (Å²) in [4.78, 5) is 24.6. The Hall–Kier alpha value is -2.32. The summed E-state index contributed by atoms with van der Waals surface area (Å²) in [5, 5.41) is 25.1. The number of carbonyl (C=O) groups excluding carboxylic acids is 1. The molecule has 0 aromatic rings. The van der Waals surface area contributed by atoms with E-state index in [-0.39, 0.29) is 25.4 Å². The molecule has 0 aromatic heterocycles. The Balaban J connectivity index is 4.76. The van der Waals surface area contributed by atoms with Crippen molar-refractivity contribution < 1.29 is 19.4 Å². The summed E-state index contributed by atoms with van der Waals surface area (Å²) in [6.45, 7) is 7.66. The van der Waals surface area contributed by atoms with Gasteiger partial charge in [-0.2, -0.15) is 10.2 Å². The molecule has 0 rings (SSSR count). The molecule has 0 atom stereocenters. The standard InChI is InChI=1S/C15H27N5O4/c1-14(2,11(16)6-5-9-24-10-21)19-20-15(3,4)13(17)18-8-7-12(22)23/h10,16H,5-9H2,1-4H3,(H2,17,18)(H,22,23). The quantitative estimate of drug-likeness (QED) is 0.162. The third-order valence-electron chi connectivity index (χ3n) is 3.28. The molecule has 0 bridgehead atoms. The van der Waals surface area contributed by atoms with Crippen molar-refractivity contribution in [3.05, 3.63) is 0 Å². The molecule has 0 aliphatic rings. The van der Waals surface area contributed by atoms with E-state index in [0.717, 1.165) is 0 Å². The van der Waals surface area contributed by atoms with E-state index in [0.29, 0.717) is 25.0 Å². The summed E-state index contributed by atoms with van der Waals surface area (Å²) in [7, 11) is 0. The highest BCUT2D eigenvalue weighted by molar-refractivity contribution is 5.91. The lowest BCUT2D eigenvalue weighted by molar-refractivity contribution is -0.136. The lowest BCUT2D eigenvalue weighted by Crippen LogP contribution is -2.38. The van der Waals surface area contributed by atoms with Crippen molar-refractivity contribution in [3.63, 3.8) is 0 Å². The molecule has 0 aromatic carbocycles. The van der Waals surface area contributed by atoms with Crippen LogP contribution in [0.3, 0.4) is 0 Å². The molecule has 0 heterocycles. The Morgan fingerprint density at radius 3 is 2.33 bits per heavy atom. The fraction of sp³-hybridized carbons (Fsp3) is 0.733. The SMILES string of the molecule is CC(C)(N=NC(C)(C)C(N)=NCCC(=O)O)C(=N)CCCOC=O. The first kappa shape index (κ1) is 21.7. The number of ether oxygens (including phenoxy) is 1. The van der Waals surface area contributed by atoms with Crippen molar-refractivity contribution in [2.45, 2.75) is 58.0 Å². The average molecular weight is 341 g/mol. The van der Waals surface area contributed by atoms with E-state index in [1.54, 1.807) is 27.7 Å². The summed E-state index contributed by atoms with van der Waals surface area (Å²) in [6.07, 6.45) is 0.869. The van der Waals surface area contributed by atoms with Crippen molar-refractivity contribution in [2.24, 2.45) is 21.0 Å². The van der Waals surface area contributed by atoms with E-state index in [1.807, 2.05) is 0 Å². The lowest BCUT2D eigenvalue weighted by Gasteiger charge is -2.23. The molecular weight excluding hydrogens is 314 g/mol. The second kappa shape index (κ2) is 9.74. The van der Waals surface area contributed by atoms with E-state index < -0.39 is 17.0 Å². The minimum absolute atomic E-state index is 0.0794. The van der Waals surface area contributed by atoms with E-state index in [1.165, 1.54) is 0 Å². The van der Waals surface area contributed by atoms with Gasteiger partial charge in [0.2, 0.25) is 0 Å². The summed E-state index contributed by atoms with van der Waals surface area (Å²) < 4.78 is 4.59. The third-order valence-corrected chi connectivity index (χ3v) is 3.28. The van der Waals surface area contributed by atoms with Gasteiger partial charge >= 0.3 is 5.97 Å². The monoisotopic (exact) mass is 341 g/mol. The molecule has 0 spiro atoms. The molecular formula is C15H27N5O4. The number of amidine groups is 1. The van der Waals surface area contributed by atoms with Gasteiger partial charge in [0, 0.05) is 5.71 Å². The van der Waals surface area contributed by atoms with Crippen LogP contribution < -0.4 is 5.73 Å². The molecule has 136 valence electrons. The van der Waals surface area contributed by atoms with Crippen LogP contribution in [0.15, 0.2) is 15.2 Å². The minimum atomic E-state index is -0.945. The molecule has 0 saturated heterocycles. The Morgan fingerprint density at radius 2 is 1.79 bits per heavy atom. The van der Waals surface area contributed by atoms with Crippen LogP contribution in [-0.2, 0) is 14.3 Å². The number of rotatable bonds is 12. The number of nitrogens with one attached hydrogen (secondary N) is 1. The first-order valence-corrected chi connectivity index (χ1v) is 7.62. The number of nitrogens with two attached hydrogens (primary N) is 1. The van der Waals surface area contributed by atoms with Crippen LogP contribution in [0, 0.1) is 5.41 Å². The van der Waals surface area contributed by atoms with Gasteiger partial charge in [0.05, 0.1) is 19.6 Å². The fourth-order valence-corrected chi connectivity index (χ4v) is 1.51. The fourth-order valence-electron chi connectivity index (χ4n) is 1.51. The van der Waals surface area contributed by atoms with Crippen molar-refractivity contribution in [2.75, 3.05) is 13.2 Å². The Bertz CT molecular complexity index is 512. The zero-order valence-electron chi connectivity index (χ0n) is 14.7. The van der Waals surface area contributed by atoms with E-state index in [4.69, 9.17) is 16.2 Å². The summed E-state index contributed by atoms with van der Waals surface area (Å²) in [6, 6.07) is 0. The maximum absolute atomic E-state index is 10.5. The zero-order chi connectivity index (χ0) is 18.8. The van der Waals surface area contributed by atoms with Gasteiger partial charge in [-0.25, -0.2) is 0 Å². The average Bonchev–Trinajstić information content (AvgIpc) is 2.49. The molecule has 0 amide bonds. The van der Waals surface area contributed by atoms with Gasteiger partial charge in [0.1, 0.15) is 16.9 Å². The smallest absolute Gasteiger partial charge is 0.305 e. The molecule has 24 heavy (non-hydrogen) atoms. The van der Waals surface area contributed by atoms with Gasteiger partial charge in [0.15, 0.2) is 0 Å². The zero-order valence-corrected chi connectivity index (χ0v) is 14.7. The predicted molar refractivity (Wildman–Crippen MR) is 90.7 cm³/mol. The number of aliphatic imine (C=N–C) groups is 1. The Kier molecular flexibility index (Phi) is 8.80. The topological polar surface area (TPSA) is 151 Å². The van der Waals surface area contributed by atoms with Crippen LogP contribution in [0.4, 0.5) is 0 Å². The van der Waals surface area contributed by atoms with Crippen LogP contribution >= 0.6 is 0 Å². The van der Waals surface area contributed by atoms with Gasteiger partial charge in [0.25, 0.3) is 6.47 Å². The van der Waals surface area contributed by atoms with Crippen molar-refractivity contribution in [1.82, 2.24) is 0 Å². The van der Waals surface area contributed by atoms with Crippen molar-refractivity contribution >= 4 is 24.0 Å². The molecule has 0 saturated carbocycles.